The van der Waals surface area contributed by atoms with Crippen molar-refractivity contribution >= 4 is 0 Å². The second-order valence-electron chi connectivity index (χ2n) is 5.44. The molecule has 0 bridgehead atoms. The van der Waals surface area contributed by atoms with Gasteiger partial charge in [-0.3, -0.25) is 0 Å². The lowest BCUT2D eigenvalue weighted by Gasteiger charge is -2.61. The zero-order valence-corrected chi connectivity index (χ0v) is 9.34. The predicted octanol–water partition coefficient (Wildman–Crippen LogP) is 2.42. The average Bonchev–Trinajstić information content (AvgIpc) is 2.18. The van der Waals surface area contributed by atoms with E-state index in [1.54, 1.807) is 0 Å². The van der Waals surface area contributed by atoms with Gasteiger partial charge in [0, 0.05) is 6.04 Å². The summed E-state index contributed by atoms with van der Waals surface area (Å²) >= 11 is 0. The first-order chi connectivity index (χ1) is 6.68. The Bertz CT molecular complexity index is 248. The van der Waals surface area contributed by atoms with Gasteiger partial charge in [-0.1, -0.05) is 32.6 Å². The summed E-state index contributed by atoms with van der Waals surface area (Å²) in [5.74, 6) is 4.55. The summed E-state index contributed by atoms with van der Waals surface area (Å²) in [6.45, 7) is 5.53. The minimum atomic E-state index is 0.474. The van der Waals surface area contributed by atoms with Crippen LogP contribution in [0.1, 0.15) is 39.5 Å². The summed E-state index contributed by atoms with van der Waals surface area (Å²) < 4.78 is 0. The van der Waals surface area contributed by atoms with E-state index < -0.39 is 0 Å². The highest BCUT2D eigenvalue weighted by Gasteiger charge is 2.55. The van der Waals surface area contributed by atoms with Crippen LogP contribution < -0.4 is 5.32 Å². The van der Waals surface area contributed by atoms with Gasteiger partial charge in [0.1, 0.15) is 0 Å². The second-order valence-corrected chi connectivity index (χ2v) is 5.44. The fourth-order valence-electron chi connectivity index (χ4n) is 3.73. The lowest BCUT2D eigenvalue weighted by atomic mass is 9.48. The van der Waals surface area contributed by atoms with E-state index in [0.717, 1.165) is 18.4 Å². The zero-order chi connectivity index (χ0) is 10.2. The summed E-state index contributed by atoms with van der Waals surface area (Å²) in [6, 6.07) is 0.670. The Morgan fingerprint density at radius 2 is 2.07 bits per heavy atom. The van der Waals surface area contributed by atoms with E-state index in [4.69, 9.17) is 6.42 Å². The van der Waals surface area contributed by atoms with Crippen molar-refractivity contribution < 1.29 is 0 Å². The average molecular weight is 191 g/mol. The third-order valence-corrected chi connectivity index (χ3v) is 4.43. The smallest absolute Gasteiger partial charge is 0.0576 e. The fourth-order valence-corrected chi connectivity index (χ4v) is 3.73. The molecule has 0 amide bonds. The van der Waals surface area contributed by atoms with E-state index in [1.165, 1.54) is 25.7 Å². The molecule has 0 radical (unpaired) electrons. The molecule has 2 fully saturated rings. The molecule has 1 N–H and O–H groups in total. The van der Waals surface area contributed by atoms with E-state index in [1.807, 2.05) is 0 Å². The molecule has 2 rings (SSSR count). The van der Waals surface area contributed by atoms with Crippen LogP contribution in [0, 0.1) is 29.6 Å². The number of fused-ring (bicyclic) bond motifs is 1. The molecule has 0 heterocycles. The third kappa shape index (κ3) is 1.37. The second kappa shape index (κ2) is 3.59. The maximum absolute atomic E-state index is 5.30. The van der Waals surface area contributed by atoms with E-state index in [2.05, 4.69) is 25.1 Å². The highest BCUT2D eigenvalue weighted by Crippen LogP contribution is 2.56. The van der Waals surface area contributed by atoms with Crippen LogP contribution in [0.25, 0.3) is 0 Å². The van der Waals surface area contributed by atoms with Crippen molar-refractivity contribution in [2.45, 2.75) is 45.6 Å². The summed E-state index contributed by atoms with van der Waals surface area (Å²) in [6.07, 6.45) is 11.0. The highest BCUT2D eigenvalue weighted by atomic mass is 15.0. The Balaban J connectivity index is 2.00. The van der Waals surface area contributed by atoms with Crippen molar-refractivity contribution in [3.05, 3.63) is 0 Å². The normalized spacial score (nSPS) is 39.4. The number of nitrogens with one attached hydrogen (secondary N) is 1. The number of hydrogen-bond donors (Lipinski definition) is 1. The molecule has 78 valence electrons. The van der Waals surface area contributed by atoms with Crippen LogP contribution in [0.15, 0.2) is 0 Å². The molecule has 14 heavy (non-hydrogen) atoms. The van der Waals surface area contributed by atoms with Gasteiger partial charge >= 0.3 is 0 Å². The van der Waals surface area contributed by atoms with Gasteiger partial charge in [-0.05, 0) is 30.1 Å². The Morgan fingerprint density at radius 1 is 1.36 bits per heavy atom. The molecule has 0 saturated heterocycles. The lowest BCUT2D eigenvalue weighted by molar-refractivity contribution is -0.0857. The van der Waals surface area contributed by atoms with Gasteiger partial charge in [0.25, 0.3) is 0 Å². The van der Waals surface area contributed by atoms with E-state index in [9.17, 15) is 0 Å². The van der Waals surface area contributed by atoms with Crippen LogP contribution in [0.5, 0.6) is 0 Å². The number of rotatable bonds is 2. The molecule has 0 aromatic carbocycles. The molecule has 0 aliphatic heterocycles. The molecule has 1 unspecified atom stereocenters. The number of hydrogen-bond acceptors (Lipinski definition) is 1. The first kappa shape index (κ1) is 10.1. The minimum absolute atomic E-state index is 0.474. The SMILES string of the molecule is C#CCNC1[C@@H]2CCCC[C@@H]2C1(C)C. The molecular formula is C13H21N. The van der Waals surface area contributed by atoms with Gasteiger partial charge in [-0.25, -0.2) is 0 Å². The van der Waals surface area contributed by atoms with Gasteiger partial charge in [-0.15, -0.1) is 6.42 Å². The first-order valence-corrected chi connectivity index (χ1v) is 5.84. The van der Waals surface area contributed by atoms with Crippen LogP contribution in [0.2, 0.25) is 0 Å². The maximum atomic E-state index is 5.30. The molecule has 0 aromatic heterocycles. The Hall–Kier alpha value is -0.480. The fraction of sp³-hybridized carbons (Fsp3) is 0.846. The van der Waals surface area contributed by atoms with Crippen molar-refractivity contribution in [3.63, 3.8) is 0 Å². The van der Waals surface area contributed by atoms with Crippen LogP contribution >= 0.6 is 0 Å². The Morgan fingerprint density at radius 3 is 2.79 bits per heavy atom. The molecule has 3 atom stereocenters. The molecule has 2 aliphatic rings. The summed E-state index contributed by atoms with van der Waals surface area (Å²) in [4.78, 5) is 0. The molecular weight excluding hydrogens is 170 g/mol. The van der Waals surface area contributed by atoms with Crippen LogP contribution in [0.3, 0.4) is 0 Å². The van der Waals surface area contributed by atoms with Crippen molar-refractivity contribution in [1.29, 1.82) is 0 Å². The van der Waals surface area contributed by atoms with Crippen molar-refractivity contribution in [1.82, 2.24) is 5.32 Å². The van der Waals surface area contributed by atoms with Gasteiger partial charge in [-0.2, -0.15) is 0 Å². The summed E-state index contributed by atoms with van der Waals surface area (Å²) in [5.41, 5.74) is 0.474. The molecule has 2 saturated carbocycles. The van der Waals surface area contributed by atoms with Crippen LogP contribution in [-0.4, -0.2) is 12.6 Å². The van der Waals surface area contributed by atoms with E-state index in [-0.39, 0.29) is 0 Å². The van der Waals surface area contributed by atoms with Gasteiger partial charge in [0.2, 0.25) is 0 Å². The Labute approximate surface area is 87.7 Å². The van der Waals surface area contributed by atoms with Gasteiger partial charge in [0.05, 0.1) is 6.54 Å². The topological polar surface area (TPSA) is 12.0 Å². The van der Waals surface area contributed by atoms with Crippen molar-refractivity contribution in [2.24, 2.45) is 17.3 Å². The van der Waals surface area contributed by atoms with Crippen LogP contribution in [0.4, 0.5) is 0 Å². The van der Waals surface area contributed by atoms with E-state index in [0.29, 0.717) is 11.5 Å². The van der Waals surface area contributed by atoms with Crippen molar-refractivity contribution in [3.8, 4) is 12.3 Å². The van der Waals surface area contributed by atoms with Crippen molar-refractivity contribution in [2.75, 3.05) is 6.54 Å². The molecule has 0 spiro atoms. The number of terminal acetylenes is 1. The largest absolute Gasteiger partial charge is 0.303 e. The van der Waals surface area contributed by atoms with Crippen LogP contribution in [-0.2, 0) is 0 Å². The van der Waals surface area contributed by atoms with Gasteiger partial charge < -0.3 is 5.32 Å². The Kier molecular flexibility index (Phi) is 2.58. The molecule has 1 heteroatoms. The molecule has 1 nitrogen and oxygen atoms in total. The third-order valence-electron chi connectivity index (χ3n) is 4.43. The monoisotopic (exact) mass is 191 g/mol. The maximum Gasteiger partial charge on any atom is 0.0576 e. The first-order valence-electron chi connectivity index (χ1n) is 5.84. The zero-order valence-electron chi connectivity index (χ0n) is 9.34. The van der Waals surface area contributed by atoms with Gasteiger partial charge in [0.15, 0.2) is 0 Å². The molecule has 2 aliphatic carbocycles. The highest BCUT2D eigenvalue weighted by molar-refractivity contribution is 5.09. The quantitative estimate of drug-likeness (QED) is 0.661. The standard InChI is InChI=1S/C13H21N/c1-4-9-14-12-10-7-5-6-8-11(10)13(12,2)3/h1,10-12,14H,5-9H2,2-3H3/t10-,11+,12?/m1/s1. The summed E-state index contributed by atoms with van der Waals surface area (Å²) in [5, 5.41) is 3.52. The minimum Gasteiger partial charge on any atom is -0.303 e. The predicted molar refractivity (Wildman–Crippen MR) is 59.9 cm³/mol. The molecule has 0 aromatic rings. The summed E-state index contributed by atoms with van der Waals surface area (Å²) in [7, 11) is 0. The lowest BCUT2D eigenvalue weighted by Crippen LogP contribution is -2.64. The van der Waals surface area contributed by atoms with E-state index >= 15 is 0 Å².